The van der Waals surface area contributed by atoms with Crippen molar-refractivity contribution in [2.24, 2.45) is 11.7 Å². The summed E-state index contributed by atoms with van der Waals surface area (Å²) in [6.45, 7) is 3.75. The molecule has 0 spiro atoms. The Morgan fingerprint density at radius 3 is 2.90 bits per heavy atom. The number of piperidine rings is 1. The van der Waals surface area contributed by atoms with Crippen LogP contribution in [0.2, 0.25) is 0 Å². The van der Waals surface area contributed by atoms with E-state index in [1.165, 1.54) is 0 Å². The van der Waals surface area contributed by atoms with Gasteiger partial charge in [-0.2, -0.15) is 0 Å². The highest BCUT2D eigenvalue weighted by Gasteiger charge is 2.25. The van der Waals surface area contributed by atoms with Crippen molar-refractivity contribution in [3.63, 3.8) is 0 Å². The van der Waals surface area contributed by atoms with Crippen molar-refractivity contribution in [1.29, 1.82) is 0 Å². The van der Waals surface area contributed by atoms with Gasteiger partial charge in [0, 0.05) is 36.3 Å². The molecule has 1 aromatic carbocycles. The third kappa shape index (κ3) is 3.33. The van der Waals surface area contributed by atoms with Crippen LogP contribution in [0.1, 0.15) is 31.4 Å². The Bertz CT molecular complexity index is 490. The Balaban J connectivity index is 2.15. The standard InChI is InChI=1S/C15H22BrN3O/c1-10(17)13-6-5-12(8-14(13)16)19-7-3-4-11(9-19)15(20)18-2/h5-6,8,10-11H,3-4,7,9,17H2,1-2H3,(H,18,20)/t10-,11?/m1/s1. The highest BCUT2D eigenvalue weighted by Crippen LogP contribution is 2.30. The predicted octanol–water partition coefficient (Wildman–Crippen LogP) is 2.43. The fraction of sp³-hybridized carbons (Fsp3) is 0.533. The molecule has 5 heteroatoms. The number of anilines is 1. The summed E-state index contributed by atoms with van der Waals surface area (Å²) >= 11 is 3.59. The molecule has 2 rings (SSSR count). The van der Waals surface area contributed by atoms with Crippen LogP contribution in [0.15, 0.2) is 22.7 Å². The van der Waals surface area contributed by atoms with Crippen LogP contribution in [-0.4, -0.2) is 26.0 Å². The third-order valence-corrected chi connectivity index (χ3v) is 4.57. The Labute approximate surface area is 128 Å². The highest BCUT2D eigenvalue weighted by atomic mass is 79.9. The minimum absolute atomic E-state index is 0.0124. The Morgan fingerprint density at radius 2 is 2.30 bits per heavy atom. The SMILES string of the molecule is CNC(=O)C1CCCN(c2ccc([C@@H](C)N)c(Br)c2)C1. The van der Waals surface area contributed by atoms with E-state index in [9.17, 15) is 4.79 Å². The van der Waals surface area contributed by atoms with Crippen LogP contribution in [0.5, 0.6) is 0 Å². The van der Waals surface area contributed by atoms with E-state index in [0.717, 1.165) is 41.7 Å². The zero-order chi connectivity index (χ0) is 14.7. The van der Waals surface area contributed by atoms with Gasteiger partial charge < -0.3 is 16.0 Å². The molecule has 0 bridgehead atoms. The molecular weight excluding hydrogens is 318 g/mol. The summed E-state index contributed by atoms with van der Waals surface area (Å²) in [5, 5.41) is 2.75. The number of rotatable bonds is 3. The van der Waals surface area contributed by atoms with Gasteiger partial charge in [-0.3, -0.25) is 4.79 Å². The smallest absolute Gasteiger partial charge is 0.224 e. The molecule has 4 nitrogen and oxygen atoms in total. The Kier molecular flexibility index (Phi) is 5.05. The number of nitrogens with zero attached hydrogens (tertiary/aromatic N) is 1. The van der Waals surface area contributed by atoms with Gasteiger partial charge in [-0.25, -0.2) is 0 Å². The van der Waals surface area contributed by atoms with E-state index in [1.54, 1.807) is 7.05 Å². The van der Waals surface area contributed by atoms with Gasteiger partial charge in [0.25, 0.3) is 0 Å². The molecule has 1 heterocycles. The van der Waals surface area contributed by atoms with E-state index in [1.807, 2.05) is 6.92 Å². The number of halogens is 1. The van der Waals surface area contributed by atoms with Crippen molar-refractivity contribution in [1.82, 2.24) is 5.32 Å². The first-order valence-electron chi connectivity index (χ1n) is 7.04. The Hall–Kier alpha value is -1.07. The van der Waals surface area contributed by atoms with E-state index in [4.69, 9.17) is 5.73 Å². The van der Waals surface area contributed by atoms with Gasteiger partial charge in [0.05, 0.1) is 5.92 Å². The van der Waals surface area contributed by atoms with Crippen molar-refractivity contribution in [2.75, 3.05) is 25.0 Å². The second kappa shape index (κ2) is 6.59. The van der Waals surface area contributed by atoms with Crippen LogP contribution in [0.4, 0.5) is 5.69 Å². The molecule has 1 aliphatic rings. The lowest BCUT2D eigenvalue weighted by Gasteiger charge is -2.34. The van der Waals surface area contributed by atoms with Crippen molar-refractivity contribution in [3.05, 3.63) is 28.2 Å². The topological polar surface area (TPSA) is 58.4 Å². The summed E-state index contributed by atoms with van der Waals surface area (Å²) in [6, 6.07) is 6.27. The maximum absolute atomic E-state index is 11.8. The quantitative estimate of drug-likeness (QED) is 0.889. The van der Waals surface area contributed by atoms with E-state index in [2.05, 4.69) is 44.3 Å². The molecule has 1 unspecified atom stereocenters. The van der Waals surface area contributed by atoms with Gasteiger partial charge in [-0.1, -0.05) is 22.0 Å². The molecule has 0 aliphatic carbocycles. The monoisotopic (exact) mass is 339 g/mol. The average molecular weight is 340 g/mol. The number of benzene rings is 1. The van der Waals surface area contributed by atoms with E-state index >= 15 is 0 Å². The molecule has 0 radical (unpaired) electrons. The molecule has 1 aliphatic heterocycles. The first kappa shape index (κ1) is 15.3. The molecule has 0 saturated carbocycles. The van der Waals surface area contributed by atoms with Gasteiger partial charge in [-0.15, -0.1) is 0 Å². The summed E-state index contributed by atoms with van der Waals surface area (Å²) in [7, 11) is 1.70. The van der Waals surface area contributed by atoms with Crippen molar-refractivity contribution in [3.8, 4) is 0 Å². The summed E-state index contributed by atoms with van der Waals surface area (Å²) in [5.41, 5.74) is 8.18. The molecular formula is C15H22BrN3O. The lowest BCUT2D eigenvalue weighted by atomic mass is 9.96. The molecule has 1 aromatic rings. The minimum Gasteiger partial charge on any atom is -0.371 e. The molecule has 1 fully saturated rings. The highest BCUT2D eigenvalue weighted by molar-refractivity contribution is 9.10. The zero-order valence-electron chi connectivity index (χ0n) is 12.0. The normalized spacial score (nSPS) is 20.6. The molecule has 110 valence electrons. The summed E-state index contributed by atoms with van der Waals surface area (Å²) in [6.07, 6.45) is 2.01. The third-order valence-electron chi connectivity index (χ3n) is 3.88. The maximum Gasteiger partial charge on any atom is 0.224 e. The van der Waals surface area contributed by atoms with Crippen molar-refractivity contribution >= 4 is 27.5 Å². The number of amides is 1. The number of nitrogens with one attached hydrogen (secondary N) is 1. The van der Waals surface area contributed by atoms with Gasteiger partial charge in [-0.05, 0) is 37.5 Å². The fourth-order valence-electron chi connectivity index (χ4n) is 2.71. The molecule has 0 aromatic heterocycles. The van der Waals surface area contributed by atoms with Gasteiger partial charge in [0.1, 0.15) is 0 Å². The summed E-state index contributed by atoms with van der Waals surface area (Å²) in [5.74, 6) is 0.224. The molecule has 1 amide bonds. The number of hydrogen-bond acceptors (Lipinski definition) is 3. The predicted molar refractivity (Wildman–Crippen MR) is 85.7 cm³/mol. The first-order valence-corrected chi connectivity index (χ1v) is 7.83. The van der Waals surface area contributed by atoms with Crippen LogP contribution in [0.25, 0.3) is 0 Å². The van der Waals surface area contributed by atoms with Crippen LogP contribution in [0.3, 0.4) is 0 Å². The number of hydrogen-bond donors (Lipinski definition) is 2. The van der Waals surface area contributed by atoms with Crippen LogP contribution in [0, 0.1) is 5.92 Å². The first-order chi connectivity index (χ1) is 9.52. The number of nitrogens with two attached hydrogens (primary N) is 1. The van der Waals surface area contributed by atoms with Crippen molar-refractivity contribution < 1.29 is 4.79 Å². The van der Waals surface area contributed by atoms with Crippen LogP contribution < -0.4 is 16.0 Å². The number of carbonyl (C=O) groups is 1. The molecule has 20 heavy (non-hydrogen) atoms. The molecule has 1 saturated heterocycles. The largest absolute Gasteiger partial charge is 0.371 e. The lowest BCUT2D eigenvalue weighted by Crippen LogP contribution is -2.42. The van der Waals surface area contributed by atoms with Crippen LogP contribution in [-0.2, 0) is 4.79 Å². The van der Waals surface area contributed by atoms with Gasteiger partial charge in [0.2, 0.25) is 5.91 Å². The van der Waals surface area contributed by atoms with Gasteiger partial charge in [0.15, 0.2) is 0 Å². The fourth-order valence-corrected chi connectivity index (χ4v) is 3.44. The Morgan fingerprint density at radius 1 is 1.55 bits per heavy atom. The van der Waals surface area contributed by atoms with E-state index in [0.29, 0.717) is 0 Å². The van der Waals surface area contributed by atoms with Crippen LogP contribution >= 0.6 is 15.9 Å². The average Bonchev–Trinajstić information content (AvgIpc) is 2.46. The maximum atomic E-state index is 11.8. The number of carbonyl (C=O) groups excluding carboxylic acids is 1. The van der Waals surface area contributed by atoms with Gasteiger partial charge >= 0.3 is 0 Å². The summed E-state index contributed by atoms with van der Waals surface area (Å²) < 4.78 is 1.03. The molecule has 2 atom stereocenters. The minimum atomic E-state index is 0.0124. The zero-order valence-corrected chi connectivity index (χ0v) is 13.6. The second-order valence-electron chi connectivity index (χ2n) is 5.39. The second-order valence-corrected chi connectivity index (χ2v) is 6.25. The summed E-state index contributed by atoms with van der Waals surface area (Å²) in [4.78, 5) is 14.1. The van der Waals surface area contributed by atoms with E-state index in [-0.39, 0.29) is 17.9 Å². The van der Waals surface area contributed by atoms with E-state index < -0.39 is 0 Å². The lowest BCUT2D eigenvalue weighted by molar-refractivity contribution is -0.124. The molecule has 3 N–H and O–H groups in total. The van der Waals surface area contributed by atoms with Crippen molar-refractivity contribution in [2.45, 2.75) is 25.8 Å².